The van der Waals surface area contributed by atoms with Crippen molar-refractivity contribution in [1.29, 1.82) is 0 Å². The number of nitrogens with zero attached hydrogens (tertiary/aromatic N) is 2. The van der Waals surface area contributed by atoms with Crippen LogP contribution in [0.15, 0.2) is 16.6 Å². The van der Waals surface area contributed by atoms with Crippen molar-refractivity contribution in [1.82, 2.24) is 9.55 Å². The molecular weight excluding hydrogens is 359 g/mol. The molecule has 0 N–H and O–H groups in total. The Balaban J connectivity index is 2.08. The zero-order valence-corrected chi connectivity index (χ0v) is 14.1. The van der Waals surface area contributed by atoms with E-state index in [2.05, 4.69) is 32.4 Å². The van der Waals surface area contributed by atoms with E-state index in [1.807, 2.05) is 0 Å². The molecule has 1 fully saturated rings. The zero-order valence-electron chi connectivity index (χ0n) is 11.8. The van der Waals surface area contributed by atoms with E-state index in [9.17, 15) is 4.39 Å². The fourth-order valence-corrected chi connectivity index (χ4v) is 3.62. The zero-order chi connectivity index (χ0) is 15.0. The maximum Gasteiger partial charge on any atom is 0.139 e. The molecule has 0 saturated carbocycles. The van der Waals surface area contributed by atoms with Crippen molar-refractivity contribution in [2.45, 2.75) is 31.7 Å². The van der Waals surface area contributed by atoms with Gasteiger partial charge in [-0.15, -0.1) is 11.6 Å². The van der Waals surface area contributed by atoms with E-state index in [-0.39, 0.29) is 11.9 Å². The molecule has 114 valence electrons. The van der Waals surface area contributed by atoms with Crippen molar-refractivity contribution in [2.24, 2.45) is 5.92 Å². The van der Waals surface area contributed by atoms with Crippen molar-refractivity contribution in [3.8, 4) is 0 Å². The van der Waals surface area contributed by atoms with Gasteiger partial charge >= 0.3 is 0 Å². The van der Waals surface area contributed by atoms with Crippen molar-refractivity contribution in [2.75, 3.05) is 13.2 Å². The van der Waals surface area contributed by atoms with Gasteiger partial charge in [0.05, 0.1) is 21.4 Å². The van der Waals surface area contributed by atoms with Gasteiger partial charge in [-0.1, -0.05) is 0 Å². The minimum absolute atomic E-state index is 0.269. The molecule has 1 unspecified atom stereocenters. The Morgan fingerprint density at radius 1 is 1.48 bits per heavy atom. The van der Waals surface area contributed by atoms with E-state index in [1.54, 1.807) is 6.07 Å². The van der Waals surface area contributed by atoms with Gasteiger partial charge in [-0.3, -0.25) is 0 Å². The second-order valence-electron chi connectivity index (χ2n) is 5.48. The molecule has 2 heterocycles. The fourth-order valence-electron chi connectivity index (χ4n) is 3.10. The van der Waals surface area contributed by atoms with Crippen LogP contribution in [0.1, 0.15) is 31.6 Å². The van der Waals surface area contributed by atoms with Crippen molar-refractivity contribution in [3.05, 3.63) is 28.2 Å². The third-order valence-electron chi connectivity index (χ3n) is 4.28. The van der Waals surface area contributed by atoms with E-state index in [0.29, 0.717) is 21.8 Å². The molecule has 0 amide bonds. The van der Waals surface area contributed by atoms with Crippen LogP contribution in [0.2, 0.25) is 0 Å². The highest BCUT2D eigenvalue weighted by Crippen LogP contribution is 2.33. The largest absolute Gasteiger partial charge is 0.381 e. The van der Waals surface area contributed by atoms with Crippen LogP contribution in [-0.2, 0) is 10.6 Å². The first-order valence-corrected chi connectivity index (χ1v) is 8.44. The molecule has 1 aliphatic rings. The molecule has 0 spiro atoms. The van der Waals surface area contributed by atoms with E-state index < -0.39 is 0 Å². The molecule has 1 aromatic carbocycles. The number of hydrogen-bond donors (Lipinski definition) is 0. The van der Waals surface area contributed by atoms with Crippen LogP contribution < -0.4 is 0 Å². The molecule has 0 bridgehead atoms. The lowest BCUT2D eigenvalue weighted by molar-refractivity contribution is 0.0516. The number of halogens is 3. The lowest BCUT2D eigenvalue weighted by Gasteiger charge is -2.30. The molecule has 1 atom stereocenters. The summed E-state index contributed by atoms with van der Waals surface area (Å²) in [6.45, 7) is 3.79. The summed E-state index contributed by atoms with van der Waals surface area (Å²) in [5.74, 6) is 1.35. The van der Waals surface area contributed by atoms with Crippen molar-refractivity contribution >= 4 is 38.6 Å². The summed E-state index contributed by atoms with van der Waals surface area (Å²) in [6, 6.07) is 3.52. The predicted octanol–water partition coefficient (Wildman–Crippen LogP) is 4.66. The Kier molecular flexibility index (Phi) is 4.52. The topological polar surface area (TPSA) is 27.1 Å². The summed E-state index contributed by atoms with van der Waals surface area (Å²) in [7, 11) is 0. The summed E-state index contributed by atoms with van der Waals surface area (Å²) < 4.78 is 21.8. The van der Waals surface area contributed by atoms with Gasteiger partial charge in [0, 0.05) is 25.3 Å². The minimum atomic E-state index is -0.299. The third-order valence-corrected chi connectivity index (χ3v) is 5.13. The summed E-state index contributed by atoms with van der Waals surface area (Å²) in [5.41, 5.74) is 1.59. The molecule has 1 aromatic heterocycles. The van der Waals surface area contributed by atoms with Crippen molar-refractivity contribution < 1.29 is 9.13 Å². The van der Waals surface area contributed by atoms with Gasteiger partial charge in [0.15, 0.2) is 0 Å². The van der Waals surface area contributed by atoms with Crippen LogP contribution in [0.4, 0.5) is 4.39 Å². The highest BCUT2D eigenvalue weighted by molar-refractivity contribution is 9.10. The van der Waals surface area contributed by atoms with Crippen molar-refractivity contribution in [3.63, 3.8) is 0 Å². The van der Waals surface area contributed by atoms with Crippen LogP contribution in [0.25, 0.3) is 11.0 Å². The van der Waals surface area contributed by atoms with E-state index in [1.165, 1.54) is 6.07 Å². The smallest absolute Gasteiger partial charge is 0.139 e. The van der Waals surface area contributed by atoms with Gasteiger partial charge in [0.25, 0.3) is 0 Å². The molecule has 0 radical (unpaired) electrons. The summed E-state index contributed by atoms with van der Waals surface area (Å²) >= 11 is 9.31. The number of hydrogen-bond acceptors (Lipinski definition) is 2. The van der Waals surface area contributed by atoms with E-state index in [0.717, 1.165) is 37.4 Å². The maximum atomic E-state index is 13.7. The first-order valence-electron chi connectivity index (χ1n) is 7.11. The average molecular weight is 376 g/mol. The second kappa shape index (κ2) is 6.23. The van der Waals surface area contributed by atoms with E-state index in [4.69, 9.17) is 16.3 Å². The second-order valence-corrected chi connectivity index (χ2v) is 6.60. The number of imidazole rings is 1. The number of fused-ring (bicyclic) bond motifs is 1. The number of benzene rings is 1. The van der Waals surface area contributed by atoms with Gasteiger partial charge in [0.2, 0.25) is 0 Å². The average Bonchev–Trinajstić information content (AvgIpc) is 2.85. The molecule has 3 nitrogen and oxygen atoms in total. The maximum absolute atomic E-state index is 13.7. The molecular formula is C15H17BrClFN2O. The molecule has 3 rings (SSSR count). The Bertz CT molecular complexity index is 655. The molecule has 1 aliphatic heterocycles. The first-order chi connectivity index (χ1) is 10.1. The van der Waals surface area contributed by atoms with Crippen LogP contribution in [0, 0.1) is 11.7 Å². The lowest BCUT2D eigenvalue weighted by atomic mass is 9.92. The molecule has 6 heteroatoms. The Morgan fingerprint density at radius 3 is 2.86 bits per heavy atom. The van der Waals surface area contributed by atoms with Crippen LogP contribution >= 0.6 is 27.5 Å². The Labute approximate surface area is 136 Å². The summed E-state index contributed by atoms with van der Waals surface area (Å²) in [6.07, 6.45) is 2.07. The number of rotatable bonds is 3. The Morgan fingerprint density at radius 2 is 2.19 bits per heavy atom. The highest BCUT2D eigenvalue weighted by Gasteiger charge is 2.25. The van der Waals surface area contributed by atoms with Crippen LogP contribution in [-0.4, -0.2) is 22.8 Å². The number of ether oxygens (including phenoxy) is 1. The lowest BCUT2D eigenvalue weighted by Crippen LogP contribution is -2.25. The molecule has 2 aromatic rings. The highest BCUT2D eigenvalue weighted by atomic mass is 79.9. The SMILES string of the molecule is CC(C1CCOCC1)n1c(CCl)nc2cc(F)c(Br)cc21. The third kappa shape index (κ3) is 2.83. The van der Waals surface area contributed by atoms with Gasteiger partial charge in [-0.2, -0.15) is 0 Å². The minimum Gasteiger partial charge on any atom is -0.381 e. The number of alkyl halides is 1. The summed E-state index contributed by atoms with van der Waals surface area (Å²) in [5, 5.41) is 0. The van der Waals surface area contributed by atoms with Gasteiger partial charge in [-0.25, -0.2) is 9.37 Å². The Hall–Kier alpha value is -0.650. The fraction of sp³-hybridized carbons (Fsp3) is 0.533. The first kappa shape index (κ1) is 15.3. The number of aromatic nitrogens is 2. The van der Waals surface area contributed by atoms with E-state index >= 15 is 0 Å². The van der Waals surface area contributed by atoms with Crippen LogP contribution in [0.5, 0.6) is 0 Å². The van der Waals surface area contributed by atoms with Crippen LogP contribution in [0.3, 0.4) is 0 Å². The standard InChI is InChI=1S/C15H17BrClFN2O/c1-9(10-2-4-21-5-3-10)20-14-6-11(16)12(18)7-13(14)19-15(20)8-17/h6-7,9-10H,2-5,8H2,1H3. The quantitative estimate of drug-likeness (QED) is 0.729. The molecule has 1 saturated heterocycles. The molecule has 21 heavy (non-hydrogen) atoms. The normalized spacial score (nSPS) is 18.3. The monoisotopic (exact) mass is 374 g/mol. The van der Waals surface area contributed by atoms with Gasteiger partial charge < -0.3 is 9.30 Å². The van der Waals surface area contributed by atoms with Gasteiger partial charge in [0.1, 0.15) is 11.6 Å². The predicted molar refractivity (Wildman–Crippen MR) is 85.2 cm³/mol. The summed E-state index contributed by atoms with van der Waals surface area (Å²) in [4.78, 5) is 4.49. The van der Waals surface area contributed by atoms with Gasteiger partial charge in [-0.05, 0) is 47.7 Å². The molecule has 0 aliphatic carbocycles.